The van der Waals surface area contributed by atoms with Crippen LogP contribution in [0.25, 0.3) is 16.6 Å². The second kappa shape index (κ2) is 22.2. The summed E-state index contributed by atoms with van der Waals surface area (Å²) in [6.45, 7) is 19.1. The van der Waals surface area contributed by atoms with Gasteiger partial charge in [-0.05, 0) is 103 Å². The summed E-state index contributed by atoms with van der Waals surface area (Å²) in [5, 5.41) is 16.7. The number of hydrogen-bond donors (Lipinski definition) is 2. The number of fused-ring (bicyclic) bond motifs is 2. The molecule has 2 fully saturated rings. The Hall–Kier alpha value is -5.57. The summed E-state index contributed by atoms with van der Waals surface area (Å²) < 4.78 is 65.8. The molecule has 75 heavy (non-hydrogen) atoms. The summed E-state index contributed by atoms with van der Waals surface area (Å²) in [5.41, 5.74) is 4.68. The Morgan fingerprint density at radius 1 is 0.973 bits per heavy atom. The Labute approximate surface area is 445 Å². The smallest absolute Gasteiger partial charge is 0.293 e. The van der Waals surface area contributed by atoms with Crippen molar-refractivity contribution in [3.63, 3.8) is 0 Å². The molecule has 3 aliphatic heterocycles. The lowest BCUT2D eigenvalue weighted by Gasteiger charge is -2.39. The van der Waals surface area contributed by atoms with Crippen molar-refractivity contribution in [1.29, 1.82) is 0 Å². The van der Waals surface area contributed by atoms with Crippen LogP contribution in [0.4, 0.5) is 32.8 Å². The van der Waals surface area contributed by atoms with Crippen LogP contribution < -0.4 is 24.6 Å². The number of amides is 1. The number of carbonyl (C=O) groups is 1. The van der Waals surface area contributed by atoms with E-state index in [-0.39, 0.29) is 55.4 Å². The number of rotatable bonds is 17. The van der Waals surface area contributed by atoms with Crippen molar-refractivity contribution in [3.05, 3.63) is 111 Å². The van der Waals surface area contributed by atoms with Crippen molar-refractivity contribution in [2.75, 3.05) is 80.8 Å². The fourth-order valence-corrected chi connectivity index (χ4v) is 12.2. The van der Waals surface area contributed by atoms with Gasteiger partial charge in [0.25, 0.3) is 21.6 Å². The Kier molecular flexibility index (Phi) is 16.0. The molecule has 402 valence electrons. The Bertz CT molecular complexity index is 3060. The number of halogens is 2. The minimum atomic E-state index is -4.69. The number of hydrogen-bond acceptors (Lipinski definition) is 13. The average Bonchev–Trinajstić information content (AvgIpc) is 3.68. The second-order valence-electron chi connectivity index (χ2n) is 22.6. The van der Waals surface area contributed by atoms with Crippen LogP contribution in [0, 0.1) is 15.5 Å². The van der Waals surface area contributed by atoms with Gasteiger partial charge in [0.2, 0.25) is 5.88 Å². The second-order valence-corrected chi connectivity index (χ2v) is 30.4. The maximum absolute atomic E-state index is 15.4. The number of anilines is 4. The summed E-state index contributed by atoms with van der Waals surface area (Å²) >= 11 is 6.30. The van der Waals surface area contributed by atoms with Gasteiger partial charge in [0, 0.05) is 121 Å². The molecule has 20 heteroatoms. The number of piperazine rings is 1. The zero-order valence-corrected chi connectivity index (χ0v) is 46.5. The highest BCUT2D eigenvalue weighted by Crippen LogP contribution is 2.45. The molecule has 2 aromatic heterocycles. The summed E-state index contributed by atoms with van der Waals surface area (Å²) in [6, 6.07) is 21.9. The minimum Gasteiger partial charge on any atom is -0.473 e. The molecule has 0 unspecified atom stereocenters. The SMILES string of the molecule is C[C@H]1CCN(c2cc(N3CCN(CC4=C(c5ccc(Cl)cc5)CC(C)(C)CC4)CC3)ccc2C(=O)NS(=O)(=O)c2ccc(NCC3(F)CCOCC3)c([N+](=O)[O-])c2)c2cc3ccn(COCC[Si](C)(C)C)c3nc2O1. The fourth-order valence-electron chi connectivity index (χ4n) is 10.4. The molecule has 16 nitrogen and oxygen atoms in total. The maximum Gasteiger partial charge on any atom is 0.293 e. The van der Waals surface area contributed by atoms with Crippen LogP contribution in [0.2, 0.25) is 30.7 Å². The lowest BCUT2D eigenvalue weighted by molar-refractivity contribution is -0.384. The van der Waals surface area contributed by atoms with E-state index in [4.69, 9.17) is 30.8 Å². The highest BCUT2D eigenvalue weighted by atomic mass is 35.5. The van der Waals surface area contributed by atoms with Crippen LogP contribution in [0.15, 0.2) is 89.5 Å². The van der Waals surface area contributed by atoms with E-state index in [1.54, 1.807) is 6.07 Å². The van der Waals surface area contributed by atoms with E-state index in [0.717, 1.165) is 73.2 Å². The van der Waals surface area contributed by atoms with Crippen molar-refractivity contribution < 1.29 is 36.7 Å². The number of carbonyl (C=O) groups excluding carboxylic acids is 1. The van der Waals surface area contributed by atoms with E-state index in [9.17, 15) is 23.3 Å². The van der Waals surface area contributed by atoms with E-state index in [1.807, 2.05) is 59.0 Å². The highest BCUT2D eigenvalue weighted by Gasteiger charge is 2.35. The average molecular weight is 1090 g/mol. The number of aromatic nitrogens is 2. The van der Waals surface area contributed by atoms with E-state index in [0.29, 0.717) is 62.3 Å². The maximum atomic E-state index is 15.4. The zero-order valence-electron chi connectivity index (χ0n) is 43.9. The first-order valence-electron chi connectivity index (χ1n) is 26.1. The van der Waals surface area contributed by atoms with Gasteiger partial charge in [-0.25, -0.2) is 17.5 Å². The van der Waals surface area contributed by atoms with Crippen LogP contribution in [-0.2, 0) is 26.2 Å². The number of sulfonamides is 1. The third-order valence-electron chi connectivity index (χ3n) is 15.0. The van der Waals surface area contributed by atoms with Crippen molar-refractivity contribution in [1.82, 2.24) is 19.2 Å². The van der Waals surface area contributed by atoms with Crippen molar-refractivity contribution >= 4 is 80.6 Å². The molecule has 5 heterocycles. The number of nitrogens with one attached hydrogen (secondary N) is 2. The summed E-state index contributed by atoms with van der Waals surface area (Å²) in [7, 11) is -5.99. The molecule has 5 aromatic rings. The molecule has 4 aliphatic rings. The minimum absolute atomic E-state index is 0.0470. The van der Waals surface area contributed by atoms with E-state index < -0.39 is 45.2 Å². The molecule has 1 atom stereocenters. The molecule has 9 rings (SSSR count). The number of nitro groups is 1. The van der Waals surface area contributed by atoms with Crippen LogP contribution in [0.1, 0.15) is 75.2 Å². The molecule has 2 N–H and O–H groups in total. The first kappa shape index (κ1) is 54.2. The van der Waals surface area contributed by atoms with Gasteiger partial charge < -0.3 is 33.9 Å². The quantitative estimate of drug-likeness (QED) is 0.0390. The molecular formula is C55H70ClFN8O8SSi. The Morgan fingerprint density at radius 2 is 1.72 bits per heavy atom. The molecule has 3 aromatic carbocycles. The Morgan fingerprint density at radius 3 is 2.44 bits per heavy atom. The van der Waals surface area contributed by atoms with Gasteiger partial charge in [-0.1, -0.05) is 62.8 Å². The van der Waals surface area contributed by atoms with Crippen LogP contribution >= 0.6 is 11.6 Å². The predicted molar refractivity (Wildman–Crippen MR) is 297 cm³/mol. The van der Waals surface area contributed by atoms with Gasteiger partial charge in [-0.2, -0.15) is 4.98 Å². The monoisotopic (exact) mass is 1080 g/mol. The molecule has 0 spiro atoms. The Balaban J connectivity index is 1.02. The van der Waals surface area contributed by atoms with Gasteiger partial charge in [0.15, 0.2) is 0 Å². The van der Waals surface area contributed by atoms with Gasteiger partial charge in [0.05, 0.1) is 27.2 Å². The summed E-state index contributed by atoms with van der Waals surface area (Å²) in [4.78, 5) is 37.6. The normalized spacial score (nSPS) is 19.3. The third kappa shape index (κ3) is 13.0. The zero-order chi connectivity index (χ0) is 53.3. The topological polar surface area (TPSA) is 174 Å². The standard InChI is InChI=1S/C55H70ClFN8O8SSi/c1-38-16-22-64(50-31-40-17-21-63(51(40)59-53(50)73-38)37-72-29-30-75(4,5)6)48-32-43(62-25-23-61(24-26-62)35-41-15-18-54(2,3)34-46(41)39-7-9-42(56)10-8-39)11-13-45(48)52(66)60-74(69,70)44-12-14-47(49(33-44)65(67)68)58-36-55(57)19-27-71-28-20-55/h7-14,17,21,31-33,38,58H,15-16,18-20,22-30,34-37H2,1-6H3,(H,60,66)/t38-/m0/s1. The third-order valence-corrected chi connectivity index (χ3v) is 18.3. The number of nitro benzene ring substituents is 1. The molecule has 0 saturated carbocycles. The van der Waals surface area contributed by atoms with E-state index in [2.05, 4.69) is 65.5 Å². The highest BCUT2D eigenvalue weighted by molar-refractivity contribution is 7.90. The first-order valence-corrected chi connectivity index (χ1v) is 31.7. The predicted octanol–water partition coefficient (Wildman–Crippen LogP) is 11.1. The lowest BCUT2D eigenvalue weighted by atomic mass is 9.72. The molecule has 1 amide bonds. The van der Waals surface area contributed by atoms with Gasteiger partial charge >= 0.3 is 0 Å². The molecule has 0 radical (unpaired) electrons. The van der Waals surface area contributed by atoms with Crippen molar-refractivity contribution in [2.24, 2.45) is 5.41 Å². The van der Waals surface area contributed by atoms with Crippen LogP contribution in [0.3, 0.4) is 0 Å². The molecule has 1 aliphatic carbocycles. The first-order chi connectivity index (χ1) is 35.6. The number of allylic oxidation sites excluding steroid dienone is 1. The van der Waals surface area contributed by atoms with Crippen molar-refractivity contribution in [3.8, 4) is 5.88 Å². The van der Waals surface area contributed by atoms with Gasteiger partial charge in [-0.3, -0.25) is 19.8 Å². The number of pyridine rings is 1. The van der Waals surface area contributed by atoms with Gasteiger partial charge in [0.1, 0.15) is 29.4 Å². The lowest BCUT2D eigenvalue weighted by Crippen LogP contribution is -2.47. The molecular weight excluding hydrogens is 1020 g/mol. The molecule has 2 saturated heterocycles. The summed E-state index contributed by atoms with van der Waals surface area (Å²) in [5.74, 6) is -0.566. The van der Waals surface area contributed by atoms with E-state index in [1.165, 1.54) is 22.8 Å². The number of benzene rings is 3. The molecule has 0 bridgehead atoms. The summed E-state index contributed by atoms with van der Waals surface area (Å²) in [6.07, 6.45) is 5.62. The van der Waals surface area contributed by atoms with E-state index >= 15 is 4.39 Å². The van der Waals surface area contributed by atoms with Gasteiger partial charge in [-0.15, -0.1) is 0 Å². The largest absolute Gasteiger partial charge is 0.473 e. The number of alkyl halides is 1. The van der Waals surface area contributed by atoms with Crippen LogP contribution in [-0.4, -0.2) is 119 Å². The van der Waals surface area contributed by atoms with Crippen molar-refractivity contribution in [2.45, 2.75) is 108 Å². The van der Waals surface area contributed by atoms with Crippen LogP contribution in [0.5, 0.6) is 5.88 Å². The number of nitrogens with zero attached hydrogens (tertiary/aromatic N) is 6. The number of ether oxygens (including phenoxy) is 3. The fraction of sp³-hybridized carbons (Fsp3) is 0.491.